The quantitative estimate of drug-likeness (QED) is 0.0430. The zero-order valence-electron chi connectivity index (χ0n) is 24.4. The molecule has 2 atom stereocenters. The van der Waals surface area contributed by atoms with Crippen LogP contribution in [0.25, 0.3) is 10.9 Å². The molecule has 13 nitrogen and oxygen atoms in total. The average Bonchev–Trinajstić information content (AvgIpc) is 3.34. The lowest BCUT2D eigenvalue weighted by Gasteiger charge is -2.17. The molecule has 0 saturated heterocycles. The van der Waals surface area contributed by atoms with Crippen molar-refractivity contribution in [2.24, 2.45) is 22.2 Å². The molecule has 0 bridgehead atoms. The number of rotatable bonds is 17. The lowest BCUT2D eigenvalue weighted by Crippen LogP contribution is -2.38. The van der Waals surface area contributed by atoms with E-state index in [-0.39, 0.29) is 31.2 Å². The Bertz CT molecular complexity index is 1500. The molecule has 0 aliphatic rings. The molecule has 7 N–H and O–H groups in total. The molecule has 0 spiro atoms. The van der Waals surface area contributed by atoms with Gasteiger partial charge in [-0.2, -0.15) is 8.42 Å². The third-order valence-corrected chi connectivity index (χ3v) is 6.87. The van der Waals surface area contributed by atoms with Crippen LogP contribution in [-0.2, 0) is 42.1 Å². The normalized spacial score (nSPS) is 12.8. The number of hydrogen-bond donors (Lipinski definition) is 4. The van der Waals surface area contributed by atoms with Gasteiger partial charge in [-0.25, -0.2) is 9.59 Å². The van der Waals surface area contributed by atoms with Gasteiger partial charge in [-0.15, -0.1) is 0 Å². The smallest absolute Gasteiger partial charge is 0.343 e. The second-order valence-corrected chi connectivity index (χ2v) is 11.5. The molecule has 0 saturated carbocycles. The third-order valence-electron chi connectivity index (χ3n) is 6.37. The summed E-state index contributed by atoms with van der Waals surface area (Å²) < 4.78 is 40.3. The van der Waals surface area contributed by atoms with E-state index in [1.165, 1.54) is 0 Å². The van der Waals surface area contributed by atoms with E-state index < -0.39 is 34.2 Å². The summed E-state index contributed by atoms with van der Waals surface area (Å²) in [4.78, 5) is 28.7. The molecular formula is C29H40N6O7S. The van der Waals surface area contributed by atoms with Crippen molar-refractivity contribution in [1.29, 1.82) is 0 Å². The third kappa shape index (κ3) is 11.2. The Morgan fingerprint density at radius 1 is 1.05 bits per heavy atom. The van der Waals surface area contributed by atoms with Gasteiger partial charge in [0, 0.05) is 55.4 Å². The van der Waals surface area contributed by atoms with E-state index in [4.69, 9.17) is 30.9 Å². The number of aromatic nitrogens is 1. The minimum atomic E-state index is -3.58. The number of anilines is 1. The minimum absolute atomic E-state index is 0.0428. The number of nitrogens with two attached hydrogens (primary N) is 3. The SMILES string of the molecule is CCO[C@@H](Cc1ccc(NCCCn2ccc3cc(OS(C)(=O)=O)ccc32)cc1)C(=O)OC(=O)[C@@H](N)CCCN=C(N)N. The van der Waals surface area contributed by atoms with Crippen LogP contribution in [0.3, 0.4) is 0 Å². The van der Waals surface area contributed by atoms with Crippen LogP contribution in [0.5, 0.6) is 5.75 Å². The fourth-order valence-corrected chi connectivity index (χ4v) is 4.80. The maximum absolute atomic E-state index is 12.6. The van der Waals surface area contributed by atoms with Crippen LogP contribution in [0.4, 0.5) is 5.69 Å². The Balaban J connectivity index is 1.45. The molecule has 14 heteroatoms. The summed E-state index contributed by atoms with van der Waals surface area (Å²) >= 11 is 0. The molecule has 1 heterocycles. The average molecular weight is 617 g/mol. The monoisotopic (exact) mass is 616 g/mol. The van der Waals surface area contributed by atoms with Gasteiger partial charge < -0.3 is 40.7 Å². The van der Waals surface area contributed by atoms with Crippen LogP contribution in [0, 0.1) is 0 Å². The van der Waals surface area contributed by atoms with Crippen LogP contribution in [0.2, 0.25) is 0 Å². The van der Waals surface area contributed by atoms with Crippen molar-refractivity contribution >= 4 is 44.6 Å². The first kappa shape index (κ1) is 33.4. The van der Waals surface area contributed by atoms with Gasteiger partial charge in [0.05, 0.1) is 6.26 Å². The van der Waals surface area contributed by atoms with E-state index in [0.29, 0.717) is 13.0 Å². The van der Waals surface area contributed by atoms with E-state index in [1.54, 1.807) is 19.1 Å². The van der Waals surface area contributed by atoms with Gasteiger partial charge in [0.15, 0.2) is 12.1 Å². The van der Waals surface area contributed by atoms with Crippen molar-refractivity contribution in [3.05, 3.63) is 60.3 Å². The number of fused-ring (bicyclic) bond motifs is 1. The van der Waals surface area contributed by atoms with Crippen molar-refractivity contribution in [2.45, 2.75) is 51.3 Å². The summed E-state index contributed by atoms with van der Waals surface area (Å²) in [6.45, 7) is 3.83. The van der Waals surface area contributed by atoms with E-state index in [1.807, 2.05) is 42.6 Å². The Labute approximate surface area is 251 Å². The molecule has 234 valence electrons. The molecule has 0 aliphatic heterocycles. The molecule has 2 aromatic carbocycles. The van der Waals surface area contributed by atoms with Gasteiger partial charge in [0.2, 0.25) is 0 Å². The van der Waals surface area contributed by atoms with Crippen molar-refractivity contribution in [3.8, 4) is 5.75 Å². The highest BCUT2D eigenvalue weighted by Gasteiger charge is 2.26. The van der Waals surface area contributed by atoms with Gasteiger partial charge >= 0.3 is 22.1 Å². The van der Waals surface area contributed by atoms with Crippen molar-refractivity contribution < 1.29 is 31.7 Å². The first-order valence-corrected chi connectivity index (χ1v) is 15.8. The number of carbonyl (C=O) groups is 2. The molecule has 0 unspecified atom stereocenters. The molecule has 3 rings (SSSR count). The standard InChI is InChI=1S/C29H40N6O7S/c1-3-40-26(28(37)41-27(36)24(30)6-4-14-34-29(31)32)18-20-7-9-22(10-8-20)33-15-5-16-35-17-13-21-19-23(11-12-25(21)35)42-43(2,38)39/h7-13,17,19,24,26,33H,3-6,14-16,18,30H2,1-2H3,(H4,31,32,34)/t24-,26-/m0/s1. The van der Waals surface area contributed by atoms with Gasteiger partial charge in [0.1, 0.15) is 11.8 Å². The van der Waals surface area contributed by atoms with Crippen LogP contribution < -0.4 is 26.7 Å². The van der Waals surface area contributed by atoms with Gasteiger partial charge in [-0.3, -0.25) is 4.99 Å². The lowest BCUT2D eigenvalue weighted by atomic mass is 10.1. The molecule has 1 aromatic heterocycles. The maximum atomic E-state index is 12.6. The van der Waals surface area contributed by atoms with Gasteiger partial charge in [-0.05, 0) is 68.1 Å². The summed E-state index contributed by atoms with van der Waals surface area (Å²) in [7, 11) is -3.58. The number of hydrogen-bond acceptors (Lipinski definition) is 10. The predicted octanol–water partition coefficient (Wildman–Crippen LogP) is 1.88. The summed E-state index contributed by atoms with van der Waals surface area (Å²) in [6, 6.07) is 13.7. The van der Waals surface area contributed by atoms with Crippen LogP contribution >= 0.6 is 0 Å². The molecule has 0 fully saturated rings. The lowest BCUT2D eigenvalue weighted by molar-refractivity contribution is -0.169. The number of esters is 2. The number of guanidine groups is 1. The first-order chi connectivity index (χ1) is 20.4. The maximum Gasteiger partial charge on any atom is 0.343 e. The largest absolute Gasteiger partial charge is 0.390 e. The van der Waals surface area contributed by atoms with Crippen molar-refractivity contribution in [2.75, 3.05) is 31.3 Å². The summed E-state index contributed by atoms with van der Waals surface area (Å²) in [6.07, 6.45) is 3.83. The topological polar surface area (TPSA) is 203 Å². The molecule has 0 radical (unpaired) electrons. The van der Waals surface area contributed by atoms with E-state index in [2.05, 4.69) is 14.9 Å². The number of nitrogens with zero attached hydrogens (tertiary/aromatic N) is 2. The number of aryl methyl sites for hydroxylation is 1. The Kier molecular flexibility index (Phi) is 12.3. The molecule has 3 aromatic rings. The highest BCUT2D eigenvalue weighted by atomic mass is 32.2. The summed E-state index contributed by atoms with van der Waals surface area (Å²) in [5.41, 5.74) is 19.1. The van der Waals surface area contributed by atoms with E-state index >= 15 is 0 Å². The number of benzene rings is 2. The molecule has 0 aliphatic carbocycles. The first-order valence-electron chi connectivity index (χ1n) is 13.9. The molecule has 0 amide bonds. The molecule has 43 heavy (non-hydrogen) atoms. The van der Waals surface area contributed by atoms with Gasteiger partial charge in [0.25, 0.3) is 0 Å². The minimum Gasteiger partial charge on any atom is -0.390 e. The second kappa shape index (κ2) is 15.9. The van der Waals surface area contributed by atoms with Crippen molar-refractivity contribution in [1.82, 2.24) is 4.57 Å². The fourth-order valence-electron chi connectivity index (χ4n) is 4.34. The number of ether oxygens (including phenoxy) is 2. The second-order valence-electron chi connectivity index (χ2n) is 9.94. The zero-order valence-corrected chi connectivity index (χ0v) is 25.2. The summed E-state index contributed by atoms with van der Waals surface area (Å²) in [5.74, 6) is -1.37. The summed E-state index contributed by atoms with van der Waals surface area (Å²) in [5, 5.41) is 4.27. The van der Waals surface area contributed by atoms with Crippen LogP contribution in [0.15, 0.2) is 59.7 Å². The van der Waals surface area contributed by atoms with E-state index in [9.17, 15) is 18.0 Å². The van der Waals surface area contributed by atoms with E-state index in [0.717, 1.165) is 47.9 Å². The highest BCUT2D eigenvalue weighted by Crippen LogP contribution is 2.23. The zero-order chi connectivity index (χ0) is 31.4. The Morgan fingerprint density at radius 2 is 1.79 bits per heavy atom. The highest BCUT2D eigenvalue weighted by molar-refractivity contribution is 7.86. The number of nitrogens with one attached hydrogen (secondary N) is 1. The number of aliphatic imine (C=N–C) groups is 1. The van der Waals surface area contributed by atoms with Crippen molar-refractivity contribution in [3.63, 3.8) is 0 Å². The number of carbonyl (C=O) groups excluding carboxylic acids is 2. The van der Waals surface area contributed by atoms with Crippen LogP contribution in [0.1, 0.15) is 31.7 Å². The predicted molar refractivity (Wildman–Crippen MR) is 165 cm³/mol. The van der Waals surface area contributed by atoms with Crippen LogP contribution in [-0.4, -0.2) is 69.0 Å². The molecular weight excluding hydrogens is 576 g/mol. The fraction of sp³-hybridized carbons (Fsp3) is 0.414. The Morgan fingerprint density at radius 3 is 2.47 bits per heavy atom. The Hall–Kier alpha value is -4.14. The van der Waals surface area contributed by atoms with Gasteiger partial charge in [-0.1, -0.05) is 12.1 Å².